The molecule has 30 heavy (non-hydrogen) atoms. The van der Waals surface area contributed by atoms with Gasteiger partial charge in [-0.15, -0.1) is 0 Å². The van der Waals surface area contributed by atoms with Gasteiger partial charge in [-0.05, 0) is 31.0 Å². The van der Waals surface area contributed by atoms with Gasteiger partial charge in [0.15, 0.2) is 0 Å². The molecule has 2 atom stereocenters. The Morgan fingerprint density at radius 2 is 1.77 bits per heavy atom. The van der Waals surface area contributed by atoms with Crippen molar-refractivity contribution in [1.82, 2.24) is 5.32 Å². The topological polar surface area (TPSA) is 128 Å². The molecule has 1 rings (SSSR count). The number of amides is 1. The third-order valence-electron chi connectivity index (χ3n) is 4.26. The summed E-state index contributed by atoms with van der Waals surface area (Å²) in [5.74, 6) is -0.859. The molecule has 0 fully saturated rings. The molecule has 0 spiro atoms. The Morgan fingerprint density at radius 3 is 2.33 bits per heavy atom. The molecule has 1 amide bonds. The van der Waals surface area contributed by atoms with Crippen LogP contribution in [0, 0.1) is 0 Å². The number of methoxy groups -OCH3 is 1. The van der Waals surface area contributed by atoms with E-state index in [0.717, 1.165) is 25.7 Å². The molecule has 0 saturated heterocycles. The van der Waals surface area contributed by atoms with Crippen LogP contribution in [0.1, 0.15) is 74.3 Å². The van der Waals surface area contributed by atoms with Gasteiger partial charge in [-0.3, -0.25) is 4.79 Å². The fraction of sp³-hybridized carbons (Fsp3) is 0.579. The number of esters is 1. The van der Waals surface area contributed by atoms with Crippen molar-refractivity contribution in [3.63, 3.8) is 0 Å². The van der Waals surface area contributed by atoms with Crippen LogP contribution in [0.2, 0.25) is 0 Å². The second kappa shape index (κ2) is 16.8. The monoisotopic (exact) mass is 459 g/mol. The summed E-state index contributed by atoms with van der Waals surface area (Å²) in [4.78, 5) is 46.1. The van der Waals surface area contributed by atoms with Crippen LogP contribution in [-0.2, 0) is 18.6 Å². The van der Waals surface area contributed by atoms with Gasteiger partial charge in [0.05, 0.1) is 32.6 Å². The van der Waals surface area contributed by atoms with Gasteiger partial charge in [-0.1, -0.05) is 44.7 Å². The van der Waals surface area contributed by atoms with Gasteiger partial charge < -0.3 is 28.9 Å². The van der Waals surface area contributed by atoms with Crippen LogP contribution in [0.4, 0.5) is 0 Å². The average molecular weight is 459 g/mol. The maximum Gasteiger partial charge on any atom is 1.00 e. The molecular weight excluding hydrogens is 431 g/mol. The summed E-state index contributed by atoms with van der Waals surface area (Å²) in [6, 6.07) is 5.27. The van der Waals surface area contributed by atoms with Gasteiger partial charge in [0.2, 0.25) is 5.91 Å². The SMILES string of the molecule is CCCCCCCC(=O)N[C@H](c1cccc(C(=O)OC)c1)[C@H](C)OP(=O)([O-])[O-].[Na+].[Na+]. The van der Waals surface area contributed by atoms with E-state index < -0.39 is 25.9 Å². The van der Waals surface area contributed by atoms with Crippen molar-refractivity contribution in [3.05, 3.63) is 35.4 Å². The minimum atomic E-state index is -5.25. The fourth-order valence-corrected chi connectivity index (χ4v) is 3.38. The Kier molecular flexibility index (Phi) is 18.2. The van der Waals surface area contributed by atoms with Crippen LogP contribution in [-0.4, -0.2) is 25.1 Å². The fourth-order valence-electron chi connectivity index (χ4n) is 2.85. The summed E-state index contributed by atoms with van der Waals surface area (Å²) < 4.78 is 20.2. The number of ether oxygens (including phenoxy) is 1. The number of phosphoric acid groups is 1. The van der Waals surface area contributed by atoms with Gasteiger partial charge in [-0.2, -0.15) is 0 Å². The molecule has 8 nitrogen and oxygen atoms in total. The maximum absolute atomic E-state index is 12.3. The van der Waals surface area contributed by atoms with E-state index in [1.54, 1.807) is 12.1 Å². The maximum atomic E-state index is 12.3. The smallest absolute Gasteiger partial charge is 0.790 e. The number of benzene rings is 1. The van der Waals surface area contributed by atoms with Crippen LogP contribution in [0.15, 0.2) is 24.3 Å². The first-order chi connectivity index (χ1) is 13.2. The quantitative estimate of drug-likeness (QED) is 0.147. The Hall–Kier alpha value is 0.270. The van der Waals surface area contributed by atoms with E-state index in [-0.39, 0.29) is 77.0 Å². The van der Waals surface area contributed by atoms with E-state index in [2.05, 4.69) is 21.5 Å². The Labute approximate surface area is 222 Å². The summed E-state index contributed by atoms with van der Waals surface area (Å²) in [6.45, 7) is 3.48. The molecule has 0 saturated carbocycles. The van der Waals surface area contributed by atoms with Crippen LogP contribution in [0.5, 0.6) is 0 Å². The van der Waals surface area contributed by atoms with Crippen molar-refractivity contribution in [2.75, 3.05) is 7.11 Å². The molecule has 1 aromatic carbocycles. The Morgan fingerprint density at radius 1 is 1.13 bits per heavy atom. The van der Waals surface area contributed by atoms with E-state index in [0.29, 0.717) is 12.0 Å². The Balaban J connectivity index is 0. The first kappa shape index (κ1) is 32.4. The summed E-state index contributed by atoms with van der Waals surface area (Å²) in [7, 11) is -4.01. The molecule has 11 heteroatoms. The van der Waals surface area contributed by atoms with Crippen molar-refractivity contribution in [2.45, 2.75) is 64.5 Å². The second-order valence-corrected chi connectivity index (χ2v) is 7.69. The molecule has 1 N–H and O–H groups in total. The van der Waals surface area contributed by atoms with E-state index in [1.807, 2.05) is 0 Å². The summed E-state index contributed by atoms with van der Waals surface area (Å²) >= 11 is 0. The number of carbonyl (C=O) groups is 2. The zero-order chi connectivity index (χ0) is 21.2. The van der Waals surface area contributed by atoms with Gasteiger partial charge in [0.1, 0.15) is 0 Å². The van der Waals surface area contributed by atoms with Crippen molar-refractivity contribution in [3.8, 4) is 0 Å². The van der Waals surface area contributed by atoms with Crippen LogP contribution < -0.4 is 74.2 Å². The molecule has 0 unspecified atom stereocenters. The average Bonchev–Trinajstić information content (AvgIpc) is 2.64. The van der Waals surface area contributed by atoms with Gasteiger partial charge in [0, 0.05) is 6.42 Å². The minimum absolute atomic E-state index is 0. The van der Waals surface area contributed by atoms with Crippen molar-refractivity contribution in [1.29, 1.82) is 0 Å². The predicted molar refractivity (Wildman–Crippen MR) is 100 cm³/mol. The number of carbonyl (C=O) groups excluding carboxylic acids is 2. The molecular formula is C19H28NNa2O7P. The standard InChI is InChI=1S/C19H30NO7P.2Na/c1-4-5-6-7-8-12-17(21)20-18(14(2)27-28(23,24)25)15-10-9-11-16(13-15)19(22)26-3;;/h9-11,13-14,18H,4-8,12H2,1-3H3,(H,20,21)(H2,23,24,25);;/q;2*+1/p-2/t14-,18-;;/m0../s1. The molecule has 1 aromatic rings. The second-order valence-electron chi connectivity index (χ2n) is 6.58. The number of unbranched alkanes of at least 4 members (excludes halogenated alkanes) is 4. The van der Waals surface area contributed by atoms with Gasteiger partial charge in [0.25, 0.3) is 0 Å². The Bertz CT molecular complexity index is 699. The molecule has 0 aliphatic rings. The van der Waals surface area contributed by atoms with Crippen molar-refractivity contribution < 1.29 is 92.3 Å². The first-order valence-electron chi connectivity index (χ1n) is 9.36. The minimum Gasteiger partial charge on any atom is -0.790 e. The molecule has 0 aliphatic carbocycles. The zero-order valence-corrected chi connectivity index (χ0v) is 23.4. The summed E-state index contributed by atoms with van der Waals surface area (Å²) in [6.07, 6.45) is 4.02. The number of nitrogens with one attached hydrogen (secondary N) is 1. The molecule has 0 bridgehead atoms. The third-order valence-corrected chi connectivity index (χ3v) is 4.85. The van der Waals surface area contributed by atoms with Crippen LogP contribution in [0.25, 0.3) is 0 Å². The molecule has 0 aliphatic heterocycles. The van der Waals surface area contributed by atoms with E-state index in [1.165, 1.54) is 26.2 Å². The van der Waals surface area contributed by atoms with Crippen molar-refractivity contribution >= 4 is 19.7 Å². The summed E-state index contributed by atoms with van der Waals surface area (Å²) in [5, 5.41) is 2.72. The number of hydrogen-bond donors (Lipinski definition) is 1. The normalized spacial score (nSPS) is 12.7. The number of rotatable bonds is 12. The van der Waals surface area contributed by atoms with E-state index >= 15 is 0 Å². The van der Waals surface area contributed by atoms with E-state index in [4.69, 9.17) is 0 Å². The number of phosphoric ester groups is 1. The van der Waals surface area contributed by atoms with Gasteiger partial charge in [-0.25, -0.2) is 4.79 Å². The largest absolute Gasteiger partial charge is 1.00 e. The molecule has 158 valence electrons. The van der Waals surface area contributed by atoms with Gasteiger partial charge >= 0.3 is 65.1 Å². The zero-order valence-electron chi connectivity index (χ0n) is 18.5. The summed E-state index contributed by atoms with van der Waals surface area (Å²) in [5.41, 5.74) is 0.668. The predicted octanol–water partition coefficient (Wildman–Crippen LogP) is -3.77. The van der Waals surface area contributed by atoms with Crippen LogP contribution in [0.3, 0.4) is 0 Å². The molecule has 0 radical (unpaired) electrons. The van der Waals surface area contributed by atoms with E-state index in [9.17, 15) is 23.9 Å². The number of hydrogen-bond acceptors (Lipinski definition) is 7. The molecule has 0 heterocycles. The van der Waals surface area contributed by atoms with Crippen molar-refractivity contribution in [2.24, 2.45) is 0 Å². The first-order valence-corrected chi connectivity index (χ1v) is 10.8. The molecule has 0 aromatic heterocycles. The third kappa shape index (κ3) is 13.0. The van der Waals surface area contributed by atoms with Crippen LogP contribution >= 0.6 is 7.82 Å².